The Labute approximate surface area is 204 Å². The highest BCUT2D eigenvalue weighted by molar-refractivity contribution is 5.89. The normalized spacial score (nSPS) is 38.2. The van der Waals surface area contributed by atoms with E-state index in [0.717, 1.165) is 36.4 Å². The number of hydrogen-bond donors (Lipinski definition) is 0. The Hall–Kier alpha value is -2.65. The fourth-order valence-corrected chi connectivity index (χ4v) is 7.90. The summed E-state index contributed by atoms with van der Waals surface area (Å²) in [5.74, 6) is -0.00904. The Balaban J connectivity index is 1.41. The number of benzene rings is 2. The number of carbonyl (C=O) groups is 1. The number of ether oxygens (including phenoxy) is 6. The maximum absolute atomic E-state index is 13.2. The molecule has 8 nitrogen and oxygen atoms in total. The highest BCUT2D eigenvalue weighted by atomic mass is 16.7. The van der Waals surface area contributed by atoms with Crippen LogP contribution >= 0.6 is 0 Å². The van der Waals surface area contributed by atoms with E-state index in [4.69, 9.17) is 28.4 Å². The highest BCUT2D eigenvalue weighted by Gasteiger charge is 2.82. The van der Waals surface area contributed by atoms with Crippen molar-refractivity contribution in [1.29, 1.82) is 0 Å². The molecule has 35 heavy (non-hydrogen) atoms. The SMILES string of the molecule is COC1C(OC(=O)c2ccccc2)CC23CCN(C)C24CC(OC14OC)c1cc2c(cc13)OCO2. The molecule has 2 bridgehead atoms. The second-order valence-corrected chi connectivity index (χ2v) is 10.3. The van der Waals surface area contributed by atoms with Gasteiger partial charge in [0.05, 0.1) is 17.2 Å². The zero-order valence-electron chi connectivity index (χ0n) is 20.1. The van der Waals surface area contributed by atoms with Crippen molar-refractivity contribution in [3.63, 3.8) is 0 Å². The molecule has 6 unspecified atom stereocenters. The number of rotatable bonds is 4. The van der Waals surface area contributed by atoms with E-state index >= 15 is 0 Å². The number of nitrogens with zero attached hydrogens (tertiary/aromatic N) is 1. The molecule has 3 aliphatic heterocycles. The number of likely N-dealkylation sites (tertiary alicyclic amines) is 1. The standard InChI is InChI=1S/C27H29NO7/c1-28-10-9-25-13-22(34-24(29)16-7-5-4-6-8-16)23(30-2)27(31-3)26(25,28)14-21(35-27)17-11-19-20(12-18(17)25)33-15-32-19/h4-8,11-12,21-23H,9-10,13-15H2,1-3H3. The van der Waals surface area contributed by atoms with Crippen LogP contribution in [0.25, 0.3) is 0 Å². The first-order chi connectivity index (χ1) is 17.0. The summed E-state index contributed by atoms with van der Waals surface area (Å²) in [6, 6.07) is 13.3. The summed E-state index contributed by atoms with van der Waals surface area (Å²) in [6.07, 6.45) is 0.878. The van der Waals surface area contributed by atoms with E-state index in [2.05, 4.69) is 24.1 Å². The van der Waals surface area contributed by atoms with E-state index in [9.17, 15) is 4.79 Å². The molecule has 0 aromatic heterocycles. The first-order valence-electron chi connectivity index (χ1n) is 12.2. The van der Waals surface area contributed by atoms with Gasteiger partial charge in [0.15, 0.2) is 11.5 Å². The molecule has 2 aliphatic carbocycles. The zero-order valence-corrected chi connectivity index (χ0v) is 20.1. The van der Waals surface area contributed by atoms with E-state index < -0.39 is 23.5 Å². The quantitative estimate of drug-likeness (QED) is 0.619. The molecule has 7 rings (SSSR count). The molecule has 5 aliphatic rings. The Kier molecular flexibility index (Phi) is 4.44. The molecule has 3 fully saturated rings. The second kappa shape index (κ2) is 7.20. The van der Waals surface area contributed by atoms with Crippen LogP contribution in [0.1, 0.15) is 46.9 Å². The minimum Gasteiger partial charge on any atom is -0.456 e. The summed E-state index contributed by atoms with van der Waals surface area (Å²) in [5, 5.41) is 0. The summed E-state index contributed by atoms with van der Waals surface area (Å²) < 4.78 is 37.1. The first-order valence-corrected chi connectivity index (χ1v) is 12.2. The molecular formula is C27H29NO7. The molecule has 2 saturated heterocycles. The smallest absolute Gasteiger partial charge is 0.338 e. The van der Waals surface area contributed by atoms with Crippen LogP contribution in [-0.4, -0.2) is 69.0 Å². The van der Waals surface area contributed by atoms with E-state index in [0.29, 0.717) is 12.0 Å². The molecular weight excluding hydrogens is 450 g/mol. The maximum Gasteiger partial charge on any atom is 0.338 e. The third kappa shape index (κ3) is 2.43. The van der Waals surface area contributed by atoms with Gasteiger partial charge in [0.25, 0.3) is 0 Å². The largest absolute Gasteiger partial charge is 0.456 e. The fraction of sp³-hybridized carbons (Fsp3) is 0.519. The lowest BCUT2D eigenvalue weighted by atomic mass is 9.50. The van der Waals surface area contributed by atoms with Crippen molar-refractivity contribution in [2.24, 2.45) is 0 Å². The van der Waals surface area contributed by atoms with Crippen molar-refractivity contribution < 1.29 is 33.2 Å². The summed E-state index contributed by atoms with van der Waals surface area (Å²) in [6.45, 7) is 1.08. The predicted molar refractivity (Wildman–Crippen MR) is 123 cm³/mol. The first kappa shape index (κ1) is 21.6. The lowest BCUT2D eigenvalue weighted by Crippen LogP contribution is -2.77. The Morgan fingerprint density at radius 3 is 2.60 bits per heavy atom. The van der Waals surface area contributed by atoms with Crippen molar-refractivity contribution in [3.05, 3.63) is 59.2 Å². The molecule has 1 saturated carbocycles. The molecule has 1 spiro atoms. The van der Waals surface area contributed by atoms with E-state index in [-0.39, 0.29) is 24.3 Å². The van der Waals surface area contributed by atoms with Crippen molar-refractivity contribution >= 4 is 5.97 Å². The van der Waals surface area contributed by atoms with E-state index in [1.165, 1.54) is 5.56 Å². The van der Waals surface area contributed by atoms with Gasteiger partial charge in [0, 0.05) is 26.1 Å². The van der Waals surface area contributed by atoms with Crippen LogP contribution in [0.5, 0.6) is 11.5 Å². The Morgan fingerprint density at radius 2 is 1.86 bits per heavy atom. The van der Waals surface area contributed by atoms with Crippen LogP contribution < -0.4 is 9.47 Å². The van der Waals surface area contributed by atoms with Gasteiger partial charge in [-0.15, -0.1) is 0 Å². The van der Waals surface area contributed by atoms with E-state index in [1.54, 1.807) is 26.4 Å². The van der Waals surface area contributed by atoms with Crippen LogP contribution in [-0.2, 0) is 24.4 Å². The lowest BCUT2D eigenvalue weighted by molar-refractivity contribution is -0.338. The molecule has 0 N–H and O–H groups in total. The van der Waals surface area contributed by atoms with Gasteiger partial charge < -0.3 is 28.4 Å². The molecule has 8 heteroatoms. The highest BCUT2D eigenvalue weighted by Crippen LogP contribution is 2.72. The Morgan fingerprint density at radius 1 is 1.09 bits per heavy atom. The molecule has 2 aromatic carbocycles. The summed E-state index contributed by atoms with van der Waals surface area (Å²) in [5.41, 5.74) is 1.93. The zero-order chi connectivity index (χ0) is 24.0. The van der Waals surface area contributed by atoms with Crippen molar-refractivity contribution in [1.82, 2.24) is 4.90 Å². The molecule has 3 heterocycles. The number of fused-ring (bicyclic) bond motifs is 4. The topological polar surface area (TPSA) is 75.7 Å². The monoisotopic (exact) mass is 479 g/mol. The number of carbonyl (C=O) groups excluding carboxylic acids is 1. The molecule has 0 radical (unpaired) electrons. The van der Waals surface area contributed by atoms with Gasteiger partial charge >= 0.3 is 5.97 Å². The van der Waals surface area contributed by atoms with Gasteiger partial charge in [-0.1, -0.05) is 18.2 Å². The molecule has 184 valence electrons. The lowest BCUT2D eigenvalue weighted by Gasteiger charge is -2.61. The Bertz CT molecular complexity index is 1200. The fourth-order valence-electron chi connectivity index (χ4n) is 7.90. The van der Waals surface area contributed by atoms with Gasteiger partial charge in [0.2, 0.25) is 12.6 Å². The second-order valence-electron chi connectivity index (χ2n) is 10.3. The van der Waals surface area contributed by atoms with Crippen LogP contribution in [0.3, 0.4) is 0 Å². The summed E-state index contributed by atoms with van der Waals surface area (Å²) in [4.78, 5) is 15.6. The molecule has 6 atom stereocenters. The average molecular weight is 480 g/mol. The van der Waals surface area contributed by atoms with Gasteiger partial charge in [-0.25, -0.2) is 4.79 Å². The number of likely N-dealkylation sites (N-methyl/N-ethyl adjacent to an activating group) is 1. The average Bonchev–Trinajstić information content (AvgIpc) is 3.56. The third-order valence-corrected chi connectivity index (χ3v) is 9.19. The van der Waals surface area contributed by atoms with Gasteiger partial charge in [0.1, 0.15) is 12.2 Å². The summed E-state index contributed by atoms with van der Waals surface area (Å²) >= 11 is 0. The van der Waals surface area contributed by atoms with Crippen LogP contribution in [0.2, 0.25) is 0 Å². The minimum atomic E-state index is -1.12. The van der Waals surface area contributed by atoms with Crippen LogP contribution in [0, 0.1) is 0 Å². The van der Waals surface area contributed by atoms with Gasteiger partial charge in [-0.3, -0.25) is 4.90 Å². The minimum absolute atomic E-state index is 0.200. The van der Waals surface area contributed by atoms with Crippen molar-refractivity contribution in [2.75, 3.05) is 34.6 Å². The van der Waals surface area contributed by atoms with Crippen LogP contribution in [0.4, 0.5) is 0 Å². The molecule has 0 amide bonds. The molecule has 2 aromatic rings. The maximum atomic E-state index is 13.2. The predicted octanol–water partition coefficient (Wildman–Crippen LogP) is 3.19. The van der Waals surface area contributed by atoms with E-state index in [1.807, 2.05) is 18.2 Å². The summed E-state index contributed by atoms with van der Waals surface area (Å²) in [7, 11) is 5.46. The third-order valence-electron chi connectivity index (χ3n) is 9.19. The van der Waals surface area contributed by atoms with Gasteiger partial charge in [-0.05, 0) is 61.8 Å². The number of methoxy groups -OCH3 is 2. The number of hydrogen-bond acceptors (Lipinski definition) is 8. The van der Waals surface area contributed by atoms with Crippen LogP contribution in [0.15, 0.2) is 42.5 Å². The van der Waals surface area contributed by atoms with Crippen molar-refractivity contribution in [3.8, 4) is 11.5 Å². The van der Waals surface area contributed by atoms with Crippen molar-refractivity contribution in [2.45, 2.75) is 54.3 Å². The number of esters is 1. The van der Waals surface area contributed by atoms with Gasteiger partial charge in [-0.2, -0.15) is 0 Å².